The summed E-state index contributed by atoms with van der Waals surface area (Å²) in [6.07, 6.45) is 3.83. The maximum atomic E-state index is 12.2. The average molecular weight is 410 g/mol. The van der Waals surface area contributed by atoms with Gasteiger partial charge < -0.3 is 23.7 Å². The summed E-state index contributed by atoms with van der Waals surface area (Å²) >= 11 is 0. The van der Waals surface area contributed by atoms with Crippen LogP contribution in [-0.4, -0.2) is 24.8 Å². The summed E-state index contributed by atoms with van der Waals surface area (Å²) in [5, 5.41) is 10.4. The van der Waals surface area contributed by atoms with Crippen LogP contribution in [0.4, 0.5) is 0 Å². The van der Waals surface area contributed by atoms with E-state index >= 15 is 0 Å². The van der Waals surface area contributed by atoms with Crippen molar-refractivity contribution in [2.24, 2.45) is 0 Å². The first-order chi connectivity index (χ1) is 14.4. The molecule has 156 valence electrons. The first-order valence-corrected chi connectivity index (χ1v) is 9.27. The van der Waals surface area contributed by atoms with E-state index in [1.807, 2.05) is 25.1 Å². The van der Waals surface area contributed by atoms with Crippen molar-refractivity contribution in [3.8, 4) is 17.2 Å². The summed E-state index contributed by atoms with van der Waals surface area (Å²) in [4.78, 5) is 24.0. The van der Waals surface area contributed by atoms with E-state index < -0.39 is 11.6 Å². The predicted molar refractivity (Wildman–Crippen MR) is 112 cm³/mol. The Balaban J connectivity index is 1.69. The molecule has 0 atom stereocenters. The lowest BCUT2D eigenvalue weighted by atomic mass is 10.1. The lowest BCUT2D eigenvalue weighted by Gasteiger charge is -2.12. The van der Waals surface area contributed by atoms with Crippen LogP contribution in [0.25, 0.3) is 17.0 Å². The fraction of sp³-hybridized carbons (Fsp3) is 0.217. The lowest BCUT2D eigenvalue weighted by molar-refractivity contribution is -0.147. The number of aromatic hydroxyl groups is 1. The van der Waals surface area contributed by atoms with Gasteiger partial charge in [-0.15, -0.1) is 0 Å². The van der Waals surface area contributed by atoms with Gasteiger partial charge >= 0.3 is 11.6 Å². The van der Waals surface area contributed by atoms with Gasteiger partial charge in [0.25, 0.3) is 0 Å². The van der Waals surface area contributed by atoms with Crippen LogP contribution >= 0.6 is 0 Å². The van der Waals surface area contributed by atoms with Crippen molar-refractivity contribution in [3.63, 3.8) is 0 Å². The number of methoxy groups -OCH3 is 1. The molecule has 7 nitrogen and oxygen atoms in total. The van der Waals surface area contributed by atoms with Gasteiger partial charge in [-0.25, -0.2) is 9.59 Å². The molecule has 0 aliphatic rings. The van der Waals surface area contributed by atoms with Gasteiger partial charge in [0, 0.05) is 22.6 Å². The van der Waals surface area contributed by atoms with Gasteiger partial charge in [0.05, 0.1) is 7.11 Å². The maximum absolute atomic E-state index is 12.2. The number of benzene rings is 2. The molecule has 0 saturated carbocycles. The van der Waals surface area contributed by atoms with Crippen LogP contribution < -0.4 is 15.1 Å². The Labute approximate surface area is 173 Å². The van der Waals surface area contributed by atoms with Gasteiger partial charge in [-0.3, -0.25) is 0 Å². The lowest BCUT2D eigenvalue weighted by Crippen LogP contribution is -2.15. The van der Waals surface area contributed by atoms with Crippen molar-refractivity contribution in [1.29, 1.82) is 0 Å². The Morgan fingerprint density at radius 3 is 2.70 bits per heavy atom. The first kappa shape index (κ1) is 21.0. The number of phenols is 1. The predicted octanol–water partition coefficient (Wildman–Crippen LogP) is 3.97. The number of carbonyl (C=O) groups is 1. The number of carbonyl (C=O) groups excluding carboxylic acids is 1. The second-order valence-electron chi connectivity index (χ2n) is 6.54. The number of esters is 1. The molecule has 3 rings (SSSR count). The second-order valence-corrected chi connectivity index (χ2v) is 6.54. The van der Waals surface area contributed by atoms with E-state index in [9.17, 15) is 14.7 Å². The third-order valence-corrected chi connectivity index (χ3v) is 4.50. The van der Waals surface area contributed by atoms with E-state index in [2.05, 4.69) is 0 Å². The molecule has 7 heteroatoms. The quantitative estimate of drug-likeness (QED) is 0.465. The normalized spacial score (nSPS) is 11.0. The maximum Gasteiger partial charge on any atom is 0.344 e. The number of fused-ring (bicyclic) bond motifs is 1. The fourth-order valence-electron chi connectivity index (χ4n) is 2.97. The molecule has 3 aromatic rings. The minimum atomic E-state index is -0.605. The van der Waals surface area contributed by atoms with Gasteiger partial charge in [-0.1, -0.05) is 18.2 Å². The topological polar surface area (TPSA) is 95.2 Å². The Bertz CT molecular complexity index is 1160. The molecule has 1 N–H and O–H groups in total. The molecule has 0 aliphatic heterocycles. The molecule has 1 aromatic heterocycles. The molecule has 0 fully saturated rings. The van der Waals surface area contributed by atoms with Crippen molar-refractivity contribution < 1.29 is 28.5 Å². The molecule has 0 aliphatic carbocycles. The Morgan fingerprint density at radius 2 is 1.97 bits per heavy atom. The standard InChI is InChI=1S/C23H22O7/c1-4-5-15-6-9-19(20(10-15)27-3)28-13-22(26)29-12-16-11-21(25)30-23-14(2)18(24)8-7-17(16)23/h4-11,24H,12-13H2,1-3H3/b5-4+. The molecular weight excluding hydrogens is 388 g/mol. The van der Waals surface area contributed by atoms with Gasteiger partial charge in [-0.2, -0.15) is 0 Å². The zero-order valence-electron chi connectivity index (χ0n) is 16.9. The number of hydrogen-bond acceptors (Lipinski definition) is 7. The van der Waals surface area contributed by atoms with Crippen LogP contribution in [0.1, 0.15) is 23.6 Å². The highest BCUT2D eigenvalue weighted by Gasteiger charge is 2.14. The molecule has 0 saturated heterocycles. The molecule has 0 radical (unpaired) electrons. The van der Waals surface area contributed by atoms with Crippen LogP contribution in [0.15, 0.2) is 51.7 Å². The van der Waals surface area contributed by atoms with Crippen molar-refractivity contribution in [2.45, 2.75) is 20.5 Å². The third kappa shape index (κ3) is 4.63. The van der Waals surface area contributed by atoms with Crippen LogP contribution in [0, 0.1) is 6.92 Å². The molecule has 0 unspecified atom stereocenters. The number of rotatable bonds is 7. The van der Waals surface area contributed by atoms with Gasteiger partial charge in [0.2, 0.25) is 0 Å². The summed E-state index contributed by atoms with van der Waals surface area (Å²) in [5.74, 6) is 0.328. The van der Waals surface area contributed by atoms with Gasteiger partial charge in [-0.05, 0) is 43.7 Å². The molecule has 0 amide bonds. The summed E-state index contributed by atoms with van der Waals surface area (Å²) < 4.78 is 21.3. The van der Waals surface area contributed by atoms with Gasteiger partial charge in [0.1, 0.15) is 17.9 Å². The molecule has 0 bridgehead atoms. The van der Waals surface area contributed by atoms with Crippen LogP contribution in [0.5, 0.6) is 17.2 Å². The monoisotopic (exact) mass is 410 g/mol. The Morgan fingerprint density at radius 1 is 1.17 bits per heavy atom. The highest BCUT2D eigenvalue weighted by atomic mass is 16.6. The van der Waals surface area contributed by atoms with Crippen molar-refractivity contribution in [2.75, 3.05) is 13.7 Å². The van der Waals surface area contributed by atoms with Gasteiger partial charge in [0.15, 0.2) is 18.1 Å². The SMILES string of the molecule is C/C=C/c1ccc(OCC(=O)OCc2cc(=O)oc3c(C)c(O)ccc23)c(OC)c1. The van der Waals surface area contributed by atoms with Crippen LogP contribution in [0.2, 0.25) is 0 Å². The minimum absolute atomic E-state index is 0.0163. The highest BCUT2D eigenvalue weighted by molar-refractivity contribution is 5.85. The van der Waals surface area contributed by atoms with E-state index in [0.29, 0.717) is 28.0 Å². The largest absolute Gasteiger partial charge is 0.508 e. The summed E-state index contributed by atoms with van der Waals surface area (Å²) in [6.45, 7) is 3.10. The van der Waals surface area contributed by atoms with Crippen molar-refractivity contribution in [3.05, 3.63) is 69.6 Å². The Hall–Kier alpha value is -3.74. The molecule has 1 heterocycles. The zero-order valence-corrected chi connectivity index (χ0v) is 16.9. The number of hydrogen-bond donors (Lipinski definition) is 1. The second kappa shape index (κ2) is 9.17. The van der Waals surface area contributed by atoms with Crippen LogP contribution in [-0.2, 0) is 16.1 Å². The fourth-order valence-corrected chi connectivity index (χ4v) is 2.97. The Kier molecular flexibility index (Phi) is 6.41. The molecule has 30 heavy (non-hydrogen) atoms. The summed E-state index contributed by atoms with van der Waals surface area (Å²) in [7, 11) is 1.52. The van der Waals surface area contributed by atoms with E-state index in [-0.39, 0.29) is 24.5 Å². The molecular formula is C23H22O7. The molecule has 2 aromatic carbocycles. The average Bonchev–Trinajstić information content (AvgIpc) is 2.74. The van der Waals surface area contributed by atoms with Crippen molar-refractivity contribution in [1.82, 2.24) is 0 Å². The molecule has 0 spiro atoms. The number of phenolic OH excluding ortho intramolecular Hbond substituents is 1. The number of ether oxygens (including phenoxy) is 3. The van der Waals surface area contributed by atoms with E-state index in [0.717, 1.165) is 5.56 Å². The van der Waals surface area contributed by atoms with Crippen LogP contribution in [0.3, 0.4) is 0 Å². The van der Waals surface area contributed by atoms with E-state index in [1.54, 1.807) is 25.1 Å². The minimum Gasteiger partial charge on any atom is -0.508 e. The summed E-state index contributed by atoms with van der Waals surface area (Å²) in [6, 6.07) is 9.72. The number of allylic oxidation sites excluding steroid dienone is 1. The zero-order chi connectivity index (χ0) is 21.7. The van der Waals surface area contributed by atoms with Crippen molar-refractivity contribution >= 4 is 23.0 Å². The first-order valence-electron chi connectivity index (χ1n) is 9.27. The van der Waals surface area contributed by atoms with E-state index in [4.69, 9.17) is 18.6 Å². The smallest absolute Gasteiger partial charge is 0.344 e. The third-order valence-electron chi connectivity index (χ3n) is 4.50. The summed E-state index contributed by atoms with van der Waals surface area (Å²) in [5.41, 5.74) is 1.53. The van der Waals surface area contributed by atoms with E-state index in [1.165, 1.54) is 19.2 Å². The highest BCUT2D eigenvalue weighted by Crippen LogP contribution is 2.29. The number of aryl methyl sites for hydroxylation is 1.